The maximum atomic E-state index is 13.1. The van der Waals surface area contributed by atoms with E-state index in [1.807, 2.05) is 11.8 Å². The van der Waals surface area contributed by atoms with Gasteiger partial charge in [0.25, 0.3) is 5.91 Å². The average molecular weight is 421 g/mol. The first-order valence-electron chi connectivity index (χ1n) is 9.67. The second kappa shape index (κ2) is 9.57. The fraction of sp³-hybridized carbons (Fsp3) is 0.409. The number of carbonyl (C=O) groups is 1. The summed E-state index contributed by atoms with van der Waals surface area (Å²) in [5.41, 5.74) is 1.60. The van der Waals surface area contributed by atoms with Crippen molar-refractivity contribution < 1.29 is 19.0 Å². The Labute approximate surface area is 175 Å². The maximum Gasteiger partial charge on any atom is 0.260 e. The van der Waals surface area contributed by atoms with Crippen molar-refractivity contribution in [2.75, 3.05) is 19.7 Å². The number of hydrogen-bond donors (Lipinski definition) is 1. The fourth-order valence-corrected chi connectivity index (χ4v) is 3.82. The first kappa shape index (κ1) is 21.6. The zero-order chi connectivity index (χ0) is 21.0. The molecule has 0 spiro atoms. The first-order valence-corrected chi connectivity index (χ1v) is 10.0. The van der Waals surface area contributed by atoms with Gasteiger partial charge in [0, 0.05) is 42.3 Å². The number of rotatable bonds is 6. The lowest BCUT2D eigenvalue weighted by Crippen LogP contribution is -2.58. The molecular formula is C22H26ClFN2O3. The number of halogens is 2. The number of nitrogens with zero attached hydrogens (tertiary/aromatic N) is 2. The van der Waals surface area contributed by atoms with Gasteiger partial charge >= 0.3 is 0 Å². The van der Waals surface area contributed by atoms with Gasteiger partial charge in [-0.2, -0.15) is 0 Å². The summed E-state index contributed by atoms with van der Waals surface area (Å²) in [7, 11) is 0. The van der Waals surface area contributed by atoms with Crippen molar-refractivity contribution in [1.82, 2.24) is 9.80 Å². The molecule has 2 aromatic carbocycles. The quantitative estimate of drug-likeness (QED) is 0.777. The number of amides is 1. The molecule has 1 saturated heterocycles. The van der Waals surface area contributed by atoms with Crippen LogP contribution in [0.5, 0.6) is 5.75 Å². The third kappa shape index (κ3) is 5.47. The molecule has 0 unspecified atom stereocenters. The Kier molecular flexibility index (Phi) is 7.11. The van der Waals surface area contributed by atoms with Crippen LogP contribution in [0.25, 0.3) is 0 Å². The molecule has 1 amide bonds. The van der Waals surface area contributed by atoms with E-state index in [4.69, 9.17) is 16.3 Å². The minimum absolute atomic E-state index is 0.0327. The standard InChI is InChI=1S/C22H26ClFN2O3/c1-15-11-26(16(2)10-25(15)12-17-3-6-20(24)7-4-17)22(28)14-29-21-8-5-19(23)9-18(21)13-27/h3-9,15-16,27H,10-14H2,1-2H3/t15-,16+/m1/s1. The highest BCUT2D eigenvalue weighted by atomic mass is 35.5. The van der Waals surface area contributed by atoms with E-state index in [-0.39, 0.29) is 37.0 Å². The number of piperazine rings is 1. The Morgan fingerprint density at radius 2 is 1.90 bits per heavy atom. The summed E-state index contributed by atoms with van der Waals surface area (Å²) in [5, 5.41) is 9.95. The zero-order valence-corrected chi connectivity index (χ0v) is 17.4. The summed E-state index contributed by atoms with van der Waals surface area (Å²) in [4.78, 5) is 16.9. The van der Waals surface area contributed by atoms with Crippen molar-refractivity contribution in [3.63, 3.8) is 0 Å². The molecule has 0 radical (unpaired) electrons. The van der Waals surface area contributed by atoms with E-state index in [2.05, 4.69) is 11.8 Å². The molecule has 3 rings (SSSR count). The van der Waals surface area contributed by atoms with Crippen LogP contribution in [0.3, 0.4) is 0 Å². The Hall–Kier alpha value is -2.15. The van der Waals surface area contributed by atoms with Crippen molar-refractivity contribution >= 4 is 17.5 Å². The average Bonchev–Trinajstić information content (AvgIpc) is 2.70. The zero-order valence-electron chi connectivity index (χ0n) is 16.6. The van der Waals surface area contributed by atoms with Gasteiger partial charge in [0.15, 0.2) is 6.61 Å². The topological polar surface area (TPSA) is 53.0 Å². The Morgan fingerprint density at radius 1 is 1.17 bits per heavy atom. The van der Waals surface area contributed by atoms with Gasteiger partial charge in [-0.3, -0.25) is 9.69 Å². The molecule has 1 fully saturated rings. The Bertz CT molecular complexity index is 846. The highest BCUT2D eigenvalue weighted by Crippen LogP contribution is 2.24. The van der Waals surface area contributed by atoms with E-state index in [0.717, 1.165) is 18.7 Å². The van der Waals surface area contributed by atoms with Gasteiger partial charge < -0.3 is 14.7 Å². The van der Waals surface area contributed by atoms with Crippen LogP contribution in [-0.2, 0) is 17.9 Å². The van der Waals surface area contributed by atoms with Gasteiger partial charge in [0.2, 0.25) is 0 Å². The number of hydrogen-bond acceptors (Lipinski definition) is 4. The van der Waals surface area contributed by atoms with Crippen LogP contribution < -0.4 is 4.74 Å². The van der Waals surface area contributed by atoms with Crippen molar-refractivity contribution in [2.24, 2.45) is 0 Å². The summed E-state index contributed by atoms with van der Waals surface area (Å²) in [6.07, 6.45) is 0. The first-order chi connectivity index (χ1) is 13.9. The van der Waals surface area contributed by atoms with E-state index < -0.39 is 0 Å². The summed E-state index contributed by atoms with van der Waals surface area (Å²) in [5.74, 6) is 0.126. The molecule has 5 nitrogen and oxygen atoms in total. The van der Waals surface area contributed by atoms with Gasteiger partial charge in [0.05, 0.1) is 6.61 Å². The molecule has 29 heavy (non-hydrogen) atoms. The van der Waals surface area contributed by atoms with E-state index >= 15 is 0 Å². The van der Waals surface area contributed by atoms with Crippen molar-refractivity contribution in [3.05, 3.63) is 64.4 Å². The van der Waals surface area contributed by atoms with E-state index in [0.29, 0.717) is 22.9 Å². The number of aliphatic hydroxyl groups is 1. The summed E-state index contributed by atoms with van der Waals surface area (Å²) in [6, 6.07) is 11.7. The van der Waals surface area contributed by atoms with Crippen molar-refractivity contribution in [1.29, 1.82) is 0 Å². The molecule has 2 aromatic rings. The molecule has 0 saturated carbocycles. The van der Waals surface area contributed by atoms with Gasteiger partial charge in [0.1, 0.15) is 11.6 Å². The third-order valence-corrected chi connectivity index (χ3v) is 5.51. The fourth-order valence-electron chi connectivity index (χ4n) is 3.63. The number of ether oxygens (including phenoxy) is 1. The van der Waals surface area contributed by atoms with Gasteiger partial charge in [-0.15, -0.1) is 0 Å². The summed E-state index contributed by atoms with van der Waals surface area (Å²) in [6.45, 7) is 5.84. The molecule has 0 bridgehead atoms. The second-order valence-corrected chi connectivity index (χ2v) is 7.94. The van der Waals surface area contributed by atoms with Crippen molar-refractivity contribution in [3.8, 4) is 5.75 Å². The normalized spacial score (nSPS) is 20.0. The third-order valence-electron chi connectivity index (χ3n) is 5.28. The molecule has 7 heteroatoms. The maximum absolute atomic E-state index is 13.1. The minimum atomic E-state index is -0.240. The predicted octanol–water partition coefficient (Wildman–Crippen LogP) is 3.47. The monoisotopic (exact) mass is 420 g/mol. The van der Waals surface area contributed by atoms with Crippen LogP contribution in [0, 0.1) is 5.82 Å². The largest absolute Gasteiger partial charge is 0.483 e. The Balaban J connectivity index is 1.58. The van der Waals surface area contributed by atoms with Crippen LogP contribution >= 0.6 is 11.6 Å². The van der Waals surface area contributed by atoms with E-state index in [1.165, 1.54) is 12.1 Å². The molecule has 156 valence electrons. The van der Waals surface area contributed by atoms with Crippen LogP contribution in [0.1, 0.15) is 25.0 Å². The lowest BCUT2D eigenvalue weighted by molar-refractivity contribution is -0.139. The van der Waals surface area contributed by atoms with Crippen LogP contribution in [0.2, 0.25) is 5.02 Å². The molecule has 1 N–H and O–H groups in total. The molecule has 0 aliphatic carbocycles. The van der Waals surface area contributed by atoms with Crippen LogP contribution in [0.15, 0.2) is 42.5 Å². The van der Waals surface area contributed by atoms with Gasteiger partial charge in [-0.1, -0.05) is 23.7 Å². The van der Waals surface area contributed by atoms with Crippen LogP contribution in [0.4, 0.5) is 4.39 Å². The highest BCUT2D eigenvalue weighted by Gasteiger charge is 2.32. The minimum Gasteiger partial charge on any atom is -0.483 e. The van der Waals surface area contributed by atoms with Gasteiger partial charge in [-0.05, 0) is 49.7 Å². The molecule has 0 aromatic heterocycles. The lowest BCUT2D eigenvalue weighted by atomic mass is 10.1. The van der Waals surface area contributed by atoms with Crippen LogP contribution in [-0.4, -0.2) is 52.6 Å². The Morgan fingerprint density at radius 3 is 2.59 bits per heavy atom. The number of benzene rings is 2. The molecule has 1 heterocycles. The smallest absolute Gasteiger partial charge is 0.260 e. The predicted molar refractivity (Wildman–Crippen MR) is 110 cm³/mol. The van der Waals surface area contributed by atoms with E-state index in [1.54, 1.807) is 30.3 Å². The summed E-state index contributed by atoms with van der Waals surface area (Å²) < 4.78 is 18.8. The highest BCUT2D eigenvalue weighted by molar-refractivity contribution is 6.30. The lowest BCUT2D eigenvalue weighted by Gasteiger charge is -2.44. The summed E-state index contributed by atoms with van der Waals surface area (Å²) >= 11 is 5.93. The van der Waals surface area contributed by atoms with Gasteiger partial charge in [-0.25, -0.2) is 4.39 Å². The second-order valence-electron chi connectivity index (χ2n) is 7.50. The number of aliphatic hydroxyl groups excluding tert-OH is 1. The van der Waals surface area contributed by atoms with E-state index in [9.17, 15) is 14.3 Å². The molecule has 1 aliphatic rings. The molecule has 1 aliphatic heterocycles. The van der Waals surface area contributed by atoms with Crippen molar-refractivity contribution in [2.45, 2.75) is 39.1 Å². The SMILES string of the molecule is C[C@@H]1CN(C(=O)COc2ccc(Cl)cc2CO)[C@@H](C)CN1Cc1ccc(F)cc1. The molecular weight excluding hydrogens is 395 g/mol. The number of carbonyl (C=O) groups excluding carboxylic acids is 1. The molecule has 2 atom stereocenters.